The smallest absolute Gasteiger partial charge is 0.00640 e. The SMILES string of the molecule is CCCCCCCC(CCCCCC)NC. The fourth-order valence-corrected chi connectivity index (χ4v) is 2.24. The highest BCUT2D eigenvalue weighted by atomic mass is 14.9. The van der Waals surface area contributed by atoms with Gasteiger partial charge in [0.05, 0.1) is 0 Å². The van der Waals surface area contributed by atoms with Crippen molar-refractivity contribution in [1.82, 2.24) is 5.32 Å². The van der Waals surface area contributed by atoms with Crippen LogP contribution in [0.1, 0.15) is 84.5 Å². The molecule has 0 bridgehead atoms. The number of rotatable bonds is 12. The predicted octanol–water partition coefficient (Wildman–Crippen LogP) is 4.91. The van der Waals surface area contributed by atoms with Crippen molar-refractivity contribution in [2.24, 2.45) is 0 Å². The first-order chi connectivity index (χ1) is 7.85. The second kappa shape index (κ2) is 13.0. The lowest BCUT2D eigenvalue weighted by atomic mass is 10.0. The third kappa shape index (κ3) is 10.5. The van der Waals surface area contributed by atoms with Crippen molar-refractivity contribution in [3.05, 3.63) is 0 Å². The molecular weight excluding hydrogens is 194 g/mol. The van der Waals surface area contributed by atoms with Crippen molar-refractivity contribution in [2.75, 3.05) is 7.05 Å². The highest BCUT2D eigenvalue weighted by Crippen LogP contribution is 2.12. The maximum Gasteiger partial charge on any atom is 0.00640 e. The minimum Gasteiger partial charge on any atom is -0.317 e. The molecule has 0 saturated heterocycles. The number of hydrogen-bond donors (Lipinski definition) is 1. The topological polar surface area (TPSA) is 12.0 Å². The Morgan fingerprint density at radius 1 is 0.688 bits per heavy atom. The van der Waals surface area contributed by atoms with Gasteiger partial charge in [-0.15, -0.1) is 0 Å². The number of unbranched alkanes of at least 4 members (excludes halogenated alkanes) is 7. The fourth-order valence-electron chi connectivity index (χ4n) is 2.24. The van der Waals surface area contributed by atoms with E-state index >= 15 is 0 Å². The van der Waals surface area contributed by atoms with Gasteiger partial charge >= 0.3 is 0 Å². The van der Waals surface area contributed by atoms with Crippen LogP contribution in [-0.4, -0.2) is 13.1 Å². The van der Waals surface area contributed by atoms with E-state index in [9.17, 15) is 0 Å². The van der Waals surface area contributed by atoms with Crippen molar-refractivity contribution in [2.45, 2.75) is 90.5 Å². The molecule has 16 heavy (non-hydrogen) atoms. The molecule has 0 aromatic heterocycles. The molecule has 0 aromatic rings. The minimum absolute atomic E-state index is 0.776. The molecule has 0 spiro atoms. The van der Waals surface area contributed by atoms with Gasteiger partial charge in [-0.05, 0) is 19.9 Å². The first-order valence-electron chi connectivity index (χ1n) is 7.52. The van der Waals surface area contributed by atoms with Gasteiger partial charge in [-0.1, -0.05) is 71.6 Å². The second-order valence-corrected chi connectivity index (χ2v) is 5.04. The van der Waals surface area contributed by atoms with Crippen LogP contribution >= 0.6 is 0 Å². The van der Waals surface area contributed by atoms with Crippen molar-refractivity contribution < 1.29 is 0 Å². The van der Waals surface area contributed by atoms with Gasteiger partial charge in [-0.25, -0.2) is 0 Å². The van der Waals surface area contributed by atoms with E-state index in [2.05, 4.69) is 26.2 Å². The van der Waals surface area contributed by atoms with Crippen LogP contribution in [0.5, 0.6) is 0 Å². The van der Waals surface area contributed by atoms with Crippen LogP contribution in [0.15, 0.2) is 0 Å². The second-order valence-electron chi connectivity index (χ2n) is 5.04. The van der Waals surface area contributed by atoms with Crippen molar-refractivity contribution in [3.63, 3.8) is 0 Å². The maximum absolute atomic E-state index is 3.47. The zero-order chi connectivity index (χ0) is 12.1. The molecule has 0 amide bonds. The molecule has 0 aromatic carbocycles. The summed E-state index contributed by atoms with van der Waals surface area (Å²) in [5.41, 5.74) is 0. The van der Waals surface area contributed by atoms with E-state index in [-0.39, 0.29) is 0 Å². The van der Waals surface area contributed by atoms with Crippen LogP contribution in [0.25, 0.3) is 0 Å². The molecule has 0 saturated carbocycles. The van der Waals surface area contributed by atoms with Gasteiger partial charge in [-0.2, -0.15) is 0 Å². The Morgan fingerprint density at radius 3 is 1.56 bits per heavy atom. The molecule has 0 radical (unpaired) electrons. The van der Waals surface area contributed by atoms with Crippen LogP contribution in [0.4, 0.5) is 0 Å². The quantitative estimate of drug-likeness (QED) is 0.467. The molecule has 98 valence electrons. The highest BCUT2D eigenvalue weighted by molar-refractivity contribution is 4.64. The summed E-state index contributed by atoms with van der Waals surface area (Å²) >= 11 is 0. The van der Waals surface area contributed by atoms with E-state index in [1.807, 2.05) is 0 Å². The van der Waals surface area contributed by atoms with Crippen LogP contribution in [0.3, 0.4) is 0 Å². The molecular formula is C15H33N. The lowest BCUT2D eigenvalue weighted by molar-refractivity contribution is 0.439. The van der Waals surface area contributed by atoms with E-state index in [0.717, 1.165) is 6.04 Å². The van der Waals surface area contributed by atoms with Crippen LogP contribution in [0.2, 0.25) is 0 Å². The average molecular weight is 227 g/mol. The Bertz CT molecular complexity index is 123. The average Bonchev–Trinajstić information content (AvgIpc) is 2.31. The summed E-state index contributed by atoms with van der Waals surface area (Å²) in [6, 6.07) is 0.776. The summed E-state index contributed by atoms with van der Waals surface area (Å²) < 4.78 is 0. The van der Waals surface area contributed by atoms with Gasteiger partial charge in [0, 0.05) is 6.04 Å². The van der Waals surface area contributed by atoms with Gasteiger partial charge in [0.15, 0.2) is 0 Å². The molecule has 0 heterocycles. The molecule has 1 heteroatoms. The summed E-state index contributed by atoms with van der Waals surface area (Å²) in [5, 5.41) is 3.47. The zero-order valence-electron chi connectivity index (χ0n) is 11.9. The standard InChI is InChI=1S/C15H33N/c1-4-6-8-10-12-14-15(16-3)13-11-9-7-5-2/h15-16H,4-14H2,1-3H3. The highest BCUT2D eigenvalue weighted by Gasteiger charge is 2.04. The lowest BCUT2D eigenvalue weighted by Crippen LogP contribution is -2.24. The van der Waals surface area contributed by atoms with E-state index in [1.165, 1.54) is 70.6 Å². The van der Waals surface area contributed by atoms with Crippen molar-refractivity contribution in [1.29, 1.82) is 0 Å². The van der Waals surface area contributed by atoms with Crippen molar-refractivity contribution in [3.8, 4) is 0 Å². The first-order valence-corrected chi connectivity index (χ1v) is 7.52. The third-order valence-corrected chi connectivity index (χ3v) is 3.47. The summed E-state index contributed by atoms with van der Waals surface area (Å²) in [7, 11) is 2.12. The molecule has 0 aliphatic carbocycles. The third-order valence-electron chi connectivity index (χ3n) is 3.47. The normalized spacial score (nSPS) is 12.9. The van der Waals surface area contributed by atoms with Gasteiger partial charge in [0.25, 0.3) is 0 Å². The van der Waals surface area contributed by atoms with E-state index in [4.69, 9.17) is 0 Å². The molecule has 0 rings (SSSR count). The van der Waals surface area contributed by atoms with E-state index in [1.54, 1.807) is 0 Å². The van der Waals surface area contributed by atoms with Crippen LogP contribution in [-0.2, 0) is 0 Å². The largest absolute Gasteiger partial charge is 0.317 e. The Hall–Kier alpha value is -0.0400. The van der Waals surface area contributed by atoms with Gasteiger partial charge in [0.1, 0.15) is 0 Å². The number of hydrogen-bond acceptors (Lipinski definition) is 1. The predicted molar refractivity (Wildman–Crippen MR) is 75.0 cm³/mol. The maximum atomic E-state index is 3.47. The van der Waals surface area contributed by atoms with E-state index in [0.29, 0.717) is 0 Å². The van der Waals surface area contributed by atoms with Gasteiger partial charge in [-0.3, -0.25) is 0 Å². The lowest BCUT2D eigenvalue weighted by Gasteiger charge is -2.15. The molecule has 1 unspecified atom stereocenters. The monoisotopic (exact) mass is 227 g/mol. The minimum atomic E-state index is 0.776. The molecule has 1 atom stereocenters. The molecule has 0 fully saturated rings. The summed E-state index contributed by atoms with van der Waals surface area (Å²) in [6.07, 6.45) is 15.4. The van der Waals surface area contributed by atoms with Gasteiger partial charge in [0.2, 0.25) is 0 Å². The summed E-state index contributed by atoms with van der Waals surface area (Å²) in [4.78, 5) is 0. The van der Waals surface area contributed by atoms with E-state index < -0.39 is 0 Å². The Labute approximate surface area is 103 Å². The molecule has 1 nitrogen and oxygen atoms in total. The Balaban J connectivity index is 3.29. The van der Waals surface area contributed by atoms with Crippen molar-refractivity contribution >= 4 is 0 Å². The first kappa shape index (κ1) is 16.0. The Kier molecular flexibility index (Phi) is 13.0. The fraction of sp³-hybridized carbons (Fsp3) is 1.00. The molecule has 1 N–H and O–H groups in total. The zero-order valence-corrected chi connectivity index (χ0v) is 11.9. The van der Waals surface area contributed by atoms with Crippen LogP contribution < -0.4 is 5.32 Å². The molecule has 0 aliphatic rings. The van der Waals surface area contributed by atoms with Crippen LogP contribution in [0, 0.1) is 0 Å². The summed E-state index contributed by atoms with van der Waals surface area (Å²) in [5.74, 6) is 0. The number of nitrogens with one attached hydrogen (secondary N) is 1. The summed E-state index contributed by atoms with van der Waals surface area (Å²) in [6.45, 7) is 4.56. The Morgan fingerprint density at radius 2 is 1.12 bits per heavy atom. The van der Waals surface area contributed by atoms with Gasteiger partial charge < -0.3 is 5.32 Å². The molecule has 0 aliphatic heterocycles.